The minimum absolute atomic E-state index is 0.616. The molecule has 0 saturated carbocycles. The van der Waals surface area contributed by atoms with Crippen LogP contribution in [-0.4, -0.2) is 81.4 Å². The van der Waals surface area contributed by atoms with Crippen molar-refractivity contribution in [3.63, 3.8) is 0 Å². The fourth-order valence-corrected chi connectivity index (χ4v) is 3.55. The summed E-state index contributed by atoms with van der Waals surface area (Å²) in [6.45, 7) is 9.36. The number of nitrogens with one attached hydrogen (secondary N) is 1. The zero-order valence-corrected chi connectivity index (χ0v) is 15.4. The molecule has 2 saturated heterocycles. The molecule has 138 valence electrons. The number of ether oxygens (including phenoxy) is 2. The molecule has 6 nitrogen and oxygen atoms in total. The number of rotatable bonds is 5. The molecule has 2 heterocycles. The molecule has 1 aromatic rings. The molecular weight excluding hydrogens is 316 g/mol. The Kier molecular flexibility index (Phi) is 6.53. The maximum absolute atomic E-state index is 5.85. The first-order valence-electron chi connectivity index (χ1n) is 9.24. The molecular formula is C19H30N4O2. The second kappa shape index (κ2) is 9.06. The van der Waals surface area contributed by atoms with Gasteiger partial charge < -0.3 is 19.7 Å². The van der Waals surface area contributed by atoms with Crippen LogP contribution >= 0.6 is 0 Å². The van der Waals surface area contributed by atoms with Crippen LogP contribution < -0.4 is 10.1 Å². The molecule has 1 aromatic carbocycles. The average molecular weight is 346 g/mol. The monoisotopic (exact) mass is 346 g/mol. The average Bonchev–Trinajstić information content (AvgIpc) is 3.14. The van der Waals surface area contributed by atoms with Gasteiger partial charge in [-0.1, -0.05) is 18.2 Å². The van der Waals surface area contributed by atoms with Crippen LogP contribution in [0.2, 0.25) is 0 Å². The Balaban J connectivity index is 1.41. The number of morpholine rings is 1. The summed E-state index contributed by atoms with van der Waals surface area (Å²) in [6.07, 6.45) is 1.19. The minimum Gasteiger partial charge on any atom is -0.491 e. The van der Waals surface area contributed by atoms with Crippen molar-refractivity contribution < 1.29 is 9.47 Å². The Labute approximate surface area is 150 Å². The number of para-hydroxylation sites is 1. The van der Waals surface area contributed by atoms with E-state index in [2.05, 4.69) is 33.1 Å². The van der Waals surface area contributed by atoms with Gasteiger partial charge in [-0.25, -0.2) is 0 Å². The molecule has 0 radical (unpaired) electrons. The smallest absolute Gasteiger partial charge is 0.193 e. The van der Waals surface area contributed by atoms with Crippen molar-refractivity contribution in [1.82, 2.24) is 15.1 Å². The Morgan fingerprint density at radius 2 is 2.08 bits per heavy atom. The molecule has 0 aliphatic carbocycles. The molecule has 2 aliphatic rings. The van der Waals surface area contributed by atoms with Gasteiger partial charge in [-0.15, -0.1) is 0 Å². The normalized spacial score (nSPS) is 22.2. The van der Waals surface area contributed by atoms with Gasteiger partial charge in [0.25, 0.3) is 0 Å². The van der Waals surface area contributed by atoms with E-state index in [1.807, 2.05) is 25.2 Å². The van der Waals surface area contributed by atoms with E-state index in [9.17, 15) is 0 Å². The van der Waals surface area contributed by atoms with Gasteiger partial charge in [0.2, 0.25) is 0 Å². The van der Waals surface area contributed by atoms with Crippen molar-refractivity contribution in [3.05, 3.63) is 29.8 Å². The summed E-state index contributed by atoms with van der Waals surface area (Å²) < 4.78 is 11.3. The molecule has 2 aliphatic heterocycles. The SMILES string of the molecule is CN=C(NCCOc1ccccc1C)N1CCC(N2CCOCC2)C1. The summed E-state index contributed by atoms with van der Waals surface area (Å²) >= 11 is 0. The van der Waals surface area contributed by atoms with E-state index in [0.29, 0.717) is 12.6 Å². The maximum atomic E-state index is 5.85. The van der Waals surface area contributed by atoms with Gasteiger partial charge in [0, 0.05) is 39.3 Å². The van der Waals surface area contributed by atoms with Crippen molar-refractivity contribution in [2.75, 3.05) is 59.6 Å². The maximum Gasteiger partial charge on any atom is 0.193 e. The molecule has 1 unspecified atom stereocenters. The van der Waals surface area contributed by atoms with E-state index in [1.54, 1.807) is 0 Å². The van der Waals surface area contributed by atoms with Crippen LogP contribution in [0.25, 0.3) is 0 Å². The van der Waals surface area contributed by atoms with E-state index in [1.165, 1.54) is 12.0 Å². The fourth-order valence-electron chi connectivity index (χ4n) is 3.55. The van der Waals surface area contributed by atoms with Crippen molar-refractivity contribution >= 4 is 5.96 Å². The van der Waals surface area contributed by atoms with Crippen molar-refractivity contribution in [2.24, 2.45) is 4.99 Å². The number of hydrogen-bond donors (Lipinski definition) is 1. The number of benzene rings is 1. The quantitative estimate of drug-likeness (QED) is 0.496. The molecule has 0 amide bonds. The van der Waals surface area contributed by atoms with Crippen LogP contribution in [0.3, 0.4) is 0 Å². The number of aliphatic imine (C=N–C) groups is 1. The predicted octanol–water partition coefficient (Wildman–Crippen LogP) is 1.36. The van der Waals surface area contributed by atoms with Crippen LogP contribution in [0.15, 0.2) is 29.3 Å². The molecule has 1 N–H and O–H groups in total. The van der Waals surface area contributed by atoms with Crippen LogP contribution in [0.4, 0.5) is 0 Å². The van der Waals surface area contributed by atoms with Crippen molar-refractivity contribution in [2.45, 2.75) is 19.4 Å². The highest BCUT2D eigenvalue weighted by Crippen LogP contribution is 2.17. The fraction of sp³-hybridized carbons (Fsp3) is 0.632. The van der Waals surface area contributed by atoms with Crippen molar-refractivity contribution in [3.8, 4) is 5.75 Å². The number of aryl methyl sites for hydroxylation is 1. The summed E-state index contributed by atoms with van der Waals surface area (Å²) in [6, 6.07) is 8.73. The number of hydrogen-bond acceptors (Lipinski definition) is 4. The Morgan fingerprint density at radius 3 is 2.84 bits per heavy atom. The molecule has 0 aromatic heterocycles. The highest BCUT2D eigenvalue weighted by atomic mass is 16.5. The zero-order chi connectivity index (χ0) is 17.5. The van der Waals surface area contributed by atoms with Crippen LogP contribution in [-0.2, 0) is 4.74 Å². The molecule has 0 bridgehead atoms. The highest BCUT2D eigenvalue weighted by molar-refractivity contribution is 5.80. The van der Waals surface area contributed by atoms with E-state index >= 15 is 0 Å². The lowest BCUT2D eigenvalue weighted by atomic mass is 10.2. The molecule has 0 spiro atoms. The molecule has 3 rings (SSSR count). The third kappa shape index (κ3) is 4.86. The van der Waals surface area contributed by atoms with Gasteiger partial charge in [0.1, 0.15) is 12.4 Å². The van der Waals surface area contributed by atoms with E-state index in [-0.39, 0.29) is 0 Å². The lowest BCUT2D eigenvalue weighted by Gasteiger charge is -2.32. The summed E-state index contributed by atoms with van der Waals surface area (Å²) in [5, 5.41) is 3.43. The summed E-state index contributed by atoms with van der Waals surface area (Å²) in [5.41, 5.74) is 1.17. The molecule has 1 atom stereocenters. The Hall–Kier alpha value is -1.79. The summed E-state index contributed by atoms with van der Waals surface area (Å²) in [4.78, 5) is 9.35. The Bertz CT molecular complexity index is 572. The van der Waals surface area contributed by atoms with Gasteiger partial charge in [-0.05, 0) is 25.0 Å². The third-order valence-corrected chi connectivity index (χ3v) is 4.97. The van der Waals surface area contributed by atoms with Gasteiger partial charge in [-0.2, -0.15) is 0 Å². The molecule has 25 heavy (non-hydrogen) atoms. The molecule has 6 heteroatoms. The lowest BCUT2D eigenvalue weighted by molar-refractivity contribution is 0.0195. The summed E-state index contributed by atoms with van der Waals surface area (Å²) in [7, 11) is 1.85. The highest BCUT2D eigenvalue weighted by Gasteiger charge is 2.30. The van der Waals surface area contributed by atoms with Gasteiger partial charge in [0.05, 0.1) is 19.8 Å². The zero-order valence-electron chi connectivity index (χ0n) is 15.4. The van der Waals surface area contributed by atoms with E-state index in [0.717, 1.165) is 57.6 Å². The molecule has 2 fully saturated rings. The standard InChI is InChI=1S/C19H30N4O2/c1-16-5-3-4-6-18(16)25-12-8-21-19(20-2)23-9-7-17(15-23)22-10-13-24-14-11-22/h3-6,17H,7-15H2,1-2H3,(H,20,21). The van der Waals surface area contributed by atoms with Gasteiger partial charge in [0.15, 0.2) is 5.96 Å². The van der Waals surface area contributed by atoms with Crippen molar-refractivity contribution in [1.29, 1.82) is 0 Å². The van der Waals surface area contributed by atoms with Crippen LogP contribution in [0.5, 0.6) is 5.75 Å². The van der Waals surface area contributed by atoms with Crippen LogP contribution in [0.1, 0.15) is 12.0 Å². The second-order valence-corrected chi connectivity index (χ2v) is 6.62. The first-order chi connectivity index (χ1) is 12.3. The van der Waals surface area contributed by atoms with Gasteiger partial charge in [-0.3, -0.25) is 9.89 Å². The number of likely N-dealkylation sites (tertiary alicyclic amines) is 1. The summed E-state index contributed by atoms with van der Waals surface area (Å²) in [5.74, 6) is 1.93. The third-order valence-electron chi connectivity index (χ3n) is 4.97. The van der Waals surface area contributed by atoms with E-state index < -0.39 is 0 Å². The number of nitrogens with zero attached hydrogens (tertiary/aromatic N) is 3. The first-order valence-corrected chi connectivity index (χ1v) is 9.24. The lowest BCUT2D eigenvalue weighted by Crippen LogP contribution is -2.47. The second-order valence-electron chi connectivity index (χ2n) is 6.62. The minimum atomic E-state index is 0.616. The Morgan fingerprint density at radius 1 is 1.28 bits per heavy atom. The largest absolute Gasteiger partial charge is 0.491 e. The first kappa shape index (κ1) is 18.0. The topological polar surface area (TPSA) is 49.3 Å². The van der Waals surface area contributed by atoms with Gasteiger partial charge >= 0.3 is 0 Å². The predicted molar refractivity (Wildman–Crippen MR) is 100 cm³/mol. The number of guanidine groups is 1. The van der Waals surface area contributed by atoms with E-state index in [4.69, 9.17) is 9.47 Å². The van der Waals surface area contributed by atoms with Crippen LogP contribution in [0, 0.1) is 6.92 Å².